The highest BCUT2D eigenvalue weighted by Gasteiger charge is 2.23. The van der Waals surface area contributed by atoms with Gasteiger partial charge in [0, 0.05) is 26.2 Å². The fourth-order valence-electron chi connectivity index (χ4n) is 2.76. The van der Waals surface area contributed by atoms with Gasteiger partial charge in [0.25, 0.3) is 5.91 Å². The van der Waals surface area contributed by atoms with Crippen LogP contribution in [0.1, 0.15) is 41.4 Å². The highest BCUT2D eigenvalue weighted by molar-refractivity contribution is 7.89. The molecule has 2 rings (SSSR count). The molecule has 142 valence electrons. The number of hydrogen-bond donors (Lipinski definition) is 0. The maximum Gasteiger partial charge on any atom is 0.254 e. The van der Waals surface area contributed by atoms with E-state index in [1.165, 1.54) is 38.4 Å². The average Bonchev–Trinajstić information content (AvgIpc) is 2.68. The third-order valence-corrected chi connectivity index (χ3v) is 6.30. The molecule has 0 saturated heterocycles. The van der Waals surface area contributed by atoms with E-state index in [2.05, 4.69) is 6.07 Å². The molecule has 0 heterocycles. The summed E-state index contributed by atoms with van der Waals surface area (Å²) in [4.78, 5) is 14.8. The molecule has 0 spiro atoms. The van der Waals surface area contributed by atoms with Crippen molar-refractivity contribution in [2.75, 3.05) is 20.6 Å². The Labute approximate surface area is 160 Å². The van der Waals surface area contributed by atoms with Crippen molar-refractivity contribution in [3.63, 3.8) is 0 Å². The van der Waals surface area contributed by atoms with Gasteiger partial charge >= 0.3 is 0 Å². The summed E-state index contributed by atoms with van der Waals surface area (Å²) < 4.78 is 25.4. The van der Waals surface area contributed by atoms with Gasteiger partial charge in [-0.2, -0.15) is 5.26 Å². The smallest absolute Gasteiger partial charge is 0.254 e. The van der Waals surface area contributed by atoms with Crippen molar-refractivity contribution >= 4 is 15.9 Å². The summed E-state index contributed by atoms with van der Waals surface area (Å²) in [6, 6.07) is 15.0. The molecule has 2 aromatic carbocycles. The summed E-state index contributed by atoms with van der Waals surface area (Å²) in [5.74, 6) is -0.178. The summed E-state index contributed by atoms with van der Waals surface area (Å²) in [6.07, 6.45) is 0. The van der Waals surface area contributed by atoms with Gasteiger partial charge in [-0.05, 0) is 55.8 Å². The summed E-state index contributed by atoms with van der Waals surface area (Å²) >= 11 is 0. The van der Waals surface area contributed by atoms with Crippen molar-refractivity contribution in [3.8, 4) is 6.07 Å². The van der Waals surface area contributed by atoms with E-state index < -0.39 is 10.0 Å². The van der Waals surface area contributed by atoms with E-state index in [0.29, 0.717) is 17.7 Å². The van der Waals surface area contributed by atoms with Crippen LogP contribution in [0.5, 0.6) is 0 Å². The average molecular weight is 385 g/mol. The first kappa shape index (κ1) is 20.6. The van der Waals surface area contributed by atoms with E-state index in [1.54, 1.807) is 17.0 Å². The fourth-order valence-corrected chi connectivity index (χ4v) is 3.66. The van der Waals surface area contributed by atoms with Gasteiger partial charge in [-0.1, -0.05) is 12.1 Å². The highest BCUT2D eigenvalue weighted by atomic mass is 32.2. The molecule has 1 amide bonds. The number of carbonyl (C=O) groups excluding carboxylic acids is 1. The second kappa shape index (κ2) is 8.33. The van der Waals surface area contributed by atoms with Gasteiger partial charge in [-0.15, -0.1) is 0 Å². The van der Waals surface area contributed by atoms with Crippen molar-refractivity contribution in [2.24, 2.45) is 0 Å². The summed E-state index contributed by atoms with van der Waals surface area (Å²) in [5.41, 5.74) is 1.92. The molecule has 27 heavy (non-hydrogen) atoms. The molecular formula is C20H23N3O3S. The predicted octanol–water partition coefficient (Wildman–Crippen LogP) is 3.03. The van der Waals surface area contributed by atoms with Gasteiger partial charge in [-0.25, -0.2) is 12.7 Å². The molecule has 7 heteroatoms. The maximum atomic E-state index is 12.9. The molecule has 0 aliphatic heterocycles. The molecule has 0 N–H and O–H groups in total. The molecule has 0 aliphatic rings. The van der Waals surface area contributed by atoms with Crippen LogP contribution in [-0.2, 0) is 10.0 Å². The third kappa shape index (κ3) is 4.35. The zero-order chi connectivity index (χ0) is 20.2. The Balaban J connectivity index is 2.27. The first-order valence-electron chi connectivity index (χ1n) is 8.56. The topological polar surface area (TPSA) is 81.5 Å². The monoisotopic (exact) mass is 385 g/mol. The lowest BCUT2D eigenvalue weighted by Gasteiger charge is -2.28. The number of carbonyl (C=O) groups is 1. The standard InChI is InChI=1S/C20H23N3O3S/c1-5-23(15(2)17-8-6-16(14-21)7-9-17)20(24)18-10-12-19(13-11-18)27(25,26)22(3)4/h6-13,15H,5H2,1-4H3. The number of benzene rings is 2. The van der Waals surface area contributed by atoms with Crippen LogP contribution in [0, 0.1) is 11.3 Å². The first-order valence-corrected chi connectivity index (χ1v) is 10.00. The van der Waals surface area contributed by atoms with Crippen LogP contribution >= 0.6 is 0 Å². The van der Waals surface area contributed by atoms with Gasteiger partial charge < -0.3 is 4.90 Å². The van der Waals surface area contributed by atoms with E-state index in [9.17, 15) is 13.2 Å². The van der Waals surface area contributed by atoms with Crippen LogP contribution in [0.3, 0.4) is 0 Å². The van der Waals surface area contributed by atoms with Gasteiger partial charge in [-0.3, -0.25) is 4.79 Å². The molecule has 0 fully saturated rings. The van der Waals surface area contributed by atoms with E-state index in [4.69, 9.17) is 5.26 Å². The van der Waals surface area contributed by atoms with Crippen LogP contribution in [0.15, 0.2) is 53.4 Å². The van der Waals surface area contributed by atoms with Gasteiger partial charge in [0.2, 0.25) is 10.0 Å². The second-order valence-corrected chi connectivity index (χ2v) is 8.46. The van der Waals surface area contributed by atoms with Crippen molar-refractivity contribution in [1.82, 2.24) is 9.21 Å². The van der Waals surface area contributed by atoms with Crippen LogP contribution < -0.4 is 0 Å². The quantitative estimate of drug-likeness (QED) is 0.765. The fraction of sp³-hybridized carbons (Fsp3) is 0.300. The van der Waals surface area contributed by atoms with Gasteiger partial charge in [0.05, 0.1) is 22.6 Å². The Bertz CT molecular complexity index is 943. The van der Waals surface area contributed by atoms with E-state index in [1.807, 2.05) is 26.0 Å². The maximum absolute atomic E-state index is 12.9. The summed E-state index contributed by atoms with van der Waals surface area (Å²) in [5, 5.41) is 8.91. The van der Waals surface area contributed by atoms with Gasteiger partial charge in [0.15, 0.2) is 0 Å². The Kier molecular flexibility index (Phi) is 6.37. The lowest BCUT2D eigenvalue weighted by Crippen LogP contribution is -2.33. The predicted molar refractivity (Wildman–Crippen MR) is 104 cm³/mol. The Hall–Kier alpha value is -2.69. The van der Waals surface area contributed by atoms with Crippen molar-refractivity contribution in [2.45, 2.75) is 24.8 Å². The molecule has 2 aromatic rings. The number of sulfonamides is 1. The molecule has 1 atom stereocenters. The van der Waals surface area contributed by atoms with E-state index >= 15 is 0 Å². The number of rotatable bonds is 6. The number of nitrogens with zero attached hydrogens (tertiary/aromatic N) is 3. The molecule has 0 saturated carbocycles. The highest BCUT2D eigenvalue weighted by Crippen LogP contribution is 2.23. The number of amides is 1. The number of hydrogen-bond acceptors (Lipinski definition) is 4. The zero-order valence-corrected chi connectivity index (χ0v) is 16.7. The van der Waals surface area contributed by atoms with Crippen molar-refractivity contribution in [1.29, 1.82) is 5.26 Å². The minimum absolute atomic E-state index is 0.146. The Morgan fingerprint density at radius 2 is 1.63 bits per heavy atom. The lowest BCUT2D eigenvalue weighted by molar-refractivity contribution is 0.0702. The van der Waals surface area contributed by atoms with Crippen LogP contribution in [-0.4, -0.2) is 44.2 Å². The SMILES string of the molecule is CCN(C(=O)c1ccc(S(=O)(=O)N(C)C)cc1)C(C)c1ccc(C#N)cc1. The second-order valence-electron chi connectivity index (χ2n) is 6.31. The minimum atomic E-state index is -3.53. The Morgan fingerprint density at radius 3 is 2.07 bits per heavy atom. The van der Waals surface area contributed by atoms with Crippen LogP contribution in [0.4, 0.5) is 0 Å². The Morgan fingerprint density at radius 1 is 1.07 bits per heavy atom. The van der Waals surface area contributed by atoms with Crippen molar-refractivity contribution < 1.29 is 13.2 Å². The van der Waals surface area contributed by atoms with Crippen LogP contribution in [0.2, 0.25) is 0 Å². The zero-order valence-electron chi connectivity index (χ0n) is 15.9. The summed E-state index contributed by atoms with van der Waals surface area (Å²) in [6.45, 7) is 4.31. The first-order chi connectivity index (χ1) is 12.7. The third-order valence-electron chi connectivity index (χ3n) is 4.47. The molecule has 0 radical (unpaired) electrons. The van der Waals surface area contributed by atoms with E-state index in [-0.39, 0.29) is 16.8 Å². The molecule has 0 bridgehead atoms. The minimum Gasteiger partial charge on any atom is -0.332 e. The molecule has 0 aliphatic carbocycles. The molecule has 6 nitrogen and oxygen atoms in total. The molecule has 1 unspecified atom stereocenters. The van der Waals surface area contributed by atoms with E-state index in [0.717, 1.165) is 9.87 Å². The van der Waals surface area contributed by atoms with Gasteiger partial charge in [0.1, 0.15) is 0 Å². The normalized spacial score (nSPS) is 12.4. The largest absolute Gasteiger partial charge is 0.332 e. The molecular weight excluding hydrogens is 362 g/mol. The lowest BCUT2D eigenvalue weighted by atomic mass is 10.0. The molecule has 0 aromatic heterocycles. The van der Waals surface area contributed by atoms with Crippen LogP contribution in [0.25, 0.3) is 0 Å². The van der Waals surface area contributed by atoms with Crippen molar-refractivity contribution in [3.05, 3.63) is 65.2 Å². The number of nitriles is 1. The summed E-state index contributed by atoms with van der Waals surface area (Å²) in [7, 11) is -0.600.